The maximum atomic E-state index is 13.7. The summed E-state index contributed by atoms with van der Waals surface area (Å²) in [6, 6.07) is 3.89. The Kier molecular flexibility index (Phi) is 3.45. The van der Waals surface area contributed by atoms with E-state index in [1.54, 1.807) is 18.3 Å². The van der Waals surface area contributed by atoms with E-state index in [0.717, 1.165) is 11.7 Å². The van der Waals surface area contributed by atoms with Crippen molar-refractivity contribution >= 4 is 23.3 Å². The van der Waals surface area contributed by atoms with E-state index >= 15 is 0 Å². The highest BCUT2D eigenvalue weighted by Crippen LogP contribution is 2.24. The highest BCUT2D eigenvalue weighted by atomic mass is 35.5. The van der Waals surface area contributed by atoms with Crippen LogP contribution in [0.1, 0.15) is 17.3 Å². The van der Waals surface area contributed by atoms with Gasteiger partial charge in [0.15, 0.2) is 0 Å². The summed E-state index contributed by atoms with van der Waals surface area (Å²) in [6.45, 7) is 0. The number of rotatable bonds is 3. The zero-order chi connectivity index (χ0) is 11.5. The van der Waals surface area contributed by atoms with Crippen LogP contribution in [-0.2, 0) is 0 Å². The van der Waals surface area contributed by atoms with Crippen molar-refractivity contribution in [3.8, 4) is 0 Å². The largest absolute Gasteiger partial charge is 0.271 e. The predicted molar refractivity (Wildman–Crippen MR) is 60.5 cm³/mol. The molecule has 0 amide bonds. The van der Waals surface area contributed by atoms with Crippen LogP contribution in [0.5, 0.6) is 0 Å². The van der Waals surface area contributed by atoms with Crippen molar-refractivity contribution in [2.45, 2.75) is 6.04 Å². The van der Waals surface area contributed by atoms with Gasteiger partial charge in [-0.25, -0.2) is 9.82 Å². The third kappa shape index (κ3) is 2.19. The molecule has 1 atom stereocenters. The zero-order valence-electron chi connectivity index (χ0n) is 8.02. The molecule has 0 radical (unpaired) electrons. The van der Waals surface area contributed by atoms with Gasteiger partial charge >= 0.3 is 0 Å². The van der Waals surface area contributed by atoms with Gasteiger partial charge in [-0.1, -0.05) is 17.7 Å². The quantitative estimate of drug-likeness (QED) is 0.652. The van der Waals surface area contributed by atoms with E-state index in [4.69, 9.17) is 17.4 Å². The fourth-order valence-electron chi connectivity index (χ4n) is 1.37. The molecule has 1 unspecified atom stereocenters. The Morgan fingerprint density at radius 3 is 2.88 bits per heavy atom. The normalized spacial score (nSPS) is 12.7. The van der Waals surface area contributed by atoms with Crippen LogP contribution in [0.25, 0.3) is 0 Å². The van der Waals surface area contributed by atoms with Gasteiger partial charge in [0.2, 0.25) is 0 Å². The van der Waals surface area contributed by atoms with Gasteiger partial charge in [-0.2, -0.15) is 8.75 Å². The molecule has 1 aromatic heterocycles. The Hall–Kier alpha value is -1.08. The number of hydrogen-bond donors (Lipinski definition) is 2. The molecule has 2 aromatic rings. The highest BCUT2D eigenvalue weighted by Gasteiger charge is 2.18. The fraction of sp³-hybridized carbons (Fsp3) is 0.111. The van der Waals surface area contributed by atoms with Crippen LogP contribution in [0.4, 0.5) is 4.39 Å². The third-order valence-corrected chi connectivity index (χ3v) is 2.84. The standard InChI is InChI=1S/C9H8ClFN4S/c10-5-1-2-6(7(11)3-5)9(14-12)8-4-13-16-15-8/h1-4,9,14H,12H2. The average molecular weight is 259 g/mol. The van der Waals surface area contributed by atoms with Gasteiger partial charge in [-0.15, -0.1) is 0 Å². The summed E-state index contributed by atoms with van der Waals surface area (Å²) in [4.78, 5) is 0. The summed E-state index contributed by atoms with van der Waals surface area (Å²) in [7, 11) is 0. The Morgan fingerprint density at radius 1 is 1.50 bits per heavy atom. The molecule has 0 aliphatic heterocycles. The second-order valence-electron chi connectivity index (χ2n) is 3.10. The minimum absolute atomic E-state index is 0.341. The minimum atomic E-state index is -0.518. The molecule has 0 bridgehead atoms. The topological polar surface area (TPSA) is 63.8 Å². The molecule has 4 nitrogen and oxygen atoms in total. The molecule has 0 aliphatic carbocycles. The number of aromatic nitrogens is 2. The van der Waals surface area contributed by atoms with Crippen molar-refractivity contribution < 1.29 is 4.39 Å². The fourth-order valence-corrected chi connectivity index (χ4v) is 1.98. The molecule has 1 heterocycles. The van der Waals surface area contributed by atoms with Crippen LogP contribution in [0.2, 0.25) is 5.02 Å². The molecule has 0 fully saturated rings. The van der Waals surface area contributed by atoms with Crippen molar-refractivity contribution in [2.75, 3.05) is 0 Å². The lowest BCUT2D eigenvalue weighted by Crippen LogP contribution is -2.29. The number of halogens is 2. The number of hydrazine groups is 1. The lowest BCUT2D eigenvalue weighted by molar-refractivity contribution is 0.555. The van der Waals surface area contributed by atoms with Gasteiger partial charge in [0.05, 0.1) is 29.7 Å². The molecular formula is C9H8ClFN4S. The van der Waals surface area contributed by atoms with Gasteiger partial charge in [-0.3, -0.25) is 5.84 Å². The van der Waals surface area contributed by atoms with E-state index in [1.807, 2.05) is 0 Å². The van der Waals surface area contributed by atoms with Gasteiger partial charge in [0, 0.05) is 10.6 Å². The summed E-state index contributed by atoms with van der Waals surface area (Å²) < 4.78 is 21.5. The second kappa shape index (κ2) is 4.84. The summed E-state index contributed by atoms with van der Waals surface area (Å²) in [5.41, 5.74) is 3.47. The lowest BCUT2D eigenvalue weighted by atomic mass is 10.0. The minimum Gasteiger partial charge on any atom is -0.271 e. The molecule has 2 rings (SSSR count). The van der Waals surface area contributed by atoms with E-state index in [-0.39, 0.29) is 0 Å². The van der Waals surface area contributed by atoms with E-state index < -0.39 is 11.9 Å². The monoisotopic (exact) mass is 258 g/mol. The molecule has 84 valence electrons. The second-order valence-corrected chi connectivity index (χ2v) is 4.09. The predicted octanol–water partition coefficient (Wildman–Crippen LogP) is 1.88. The van der Waals surface area contributed by atoms with Gasteiger partial charge in [0.1, 0.15) is 5.82 Å². The Bertz CT molecular complexity index is 476. The number of hydrogen-bond acceptors (Lipinski definition) is 5. The summed E-state index contributed by atoms with van der Waals surface area (Å²) in [6.07, 6.45) is 1.54. The Labute approximate surface area is 101 Å². The number of benzene rings is 1. The summed E-state index contributed by atoms with van der Waals surface area (Å²) in [5, 5.41) is 0.341. The summed E-state index contributed by atoms with van der Waals surface area (Å²) >= 11 is 6.72. The lowest BCUT2D eigenvalue weighted by Gasteiger charge is -2.14. The van der Waals surface area contributed by atoms with Crippen LogP contribution in [0.3, 0.4) is 0 Å². The molecule has 0 spiro atoms. The van der Waals surface area contributed by atoms with Crippen molar-refractivity contribution in [2.24, 2.45) is 5.84 Å². The van der Waals surface area contributed by atoms with Crippen molar-refractivity contribution in [3.63, 3.8) is 0 Å². The van der Waals surface area contributed by atoms with E-state index in [9.17, 15) is 4.39 Å². The SMILES string of the molecule is NNC(c1cnsn1)c1ccc(Cl)cc1F. The number of nitrogens with one attached hydrogen (secondary N) is 1. The highest BCUT2D eigenvalue weighted by molar-refractivity contribution is 6.99. The smallest absolute Gasteiger partial charge is 0.129 e. The molecular weight excluding hydrogens is 251 g/mol. The van der Waals surface area contributed by atoms with E-state index in [1.165, 1.54) is 6.07 Å². The molecule has 0 saturated carbocycles. The average Bonchev–Trinajstić information content (AvgIpc) is 2.75. The van der Waals surface area contributed by atoms with Crippen molar-refractivity contribution in [1.82, 2.24) is 14.2 Å². The molecule has 0 saturated heterocycles. The first-order valence-corrected chi connectivity index (χ1v) is 5.51. The van der Waals surface area contributed by atoms with Gasteiger partial charge in [-0.05, 0) is 12.1 Å². The first-order valence-electron chi connectivity index (χ1n) is 4.41. The molecule has 1 aromatic carbocycles. The summed E-state index contributed by atoms with van der Waals surface area (Å²) in [5.74, 6) is 4.96. The van der Waals surface area contributed by atoms with Gasteiger partial charge in [0.25, 0.3) is 0 Å². The first kappa shape index (κ1) is 11.4. The van der Waals surface area contributed by atoms with Crippen LogP contribution in [-0.4, -0.2) is 8.75 Å². The zero-order valence-corrected chi connectivity index (χ0v) is 9.60. The Morgan fingerprint density at radius 2 is 2.31 bits per heavy atom. The van der Waals surface area contributed by atoms with Crippen LogP contribution in [0.15, 0.2) is 24.4 Å². The molecule has 0 aliphatic rings. The van der Waals surface area contributed by atoms with Crippen LogP contribution < -0.4 is 11.3 Å². The molecule has 16 heavy (non-hydrogen) atoms. The number of nitrogens with two attached hydrogens (primary N) is 1. The maximum Gasteiger partial charge on any atom is 0.129 e. The molecule has 3 N–H and O–H groups in total. The van der Waals surface area contributed by atoms with E-state index in [2.05, 4.69) is 14.2 Å². The first-order chi connectivity index (χ1) is 7.72. The third-order valence-electron chi connectivity index (χ3n) is 2.11. The van der Waals surface area contributed by atoms with Gasteiger partial charge < -0.3 is 0 Å². The van der Waals surface area contributed by atoms with Crippen molar-refractivity contribution in [1.29, 1.82) is 0 Å². The molecule has 7 heteroatoms. The Balaban J connectivity index is 2.41. The van der Waals surface area contributed by atoms with Crippen LogP contribution in [0, 0.1) is 5.82 Å². The van der Waals surface area contributed by atoms with E-state index in [0.29, 0.717) is 16.3 Å². The van der Waals surface area contributed by atoms with Crippen LogP contribution >= 0.6 is 23.3 Å². The maximum absolute atomic E-state index is 13.7. The number of nitrogens with zero attached hydrogens (tertiary/aromatic N) is 2. The van der Waals surface area contributed by atoms with Crippen molar-refractivity contribution in [3.05, 3.63) is 46.5 Å².